The van der Waals surface area contributed by atoms with Crippen molar-refractivity contribution in [2.24, 2.45) is 0 Å². The molecule has 3 heteroatoms. The minimum atomic E-state index is 0.358. The first-order valence-corrected chi connectivity index (χ1v) is 7.52. The van der Waals surface area contributed by atoms with Crippen molar-refractivity contribution in [1.29, 1.82) is 0 Å². The van der Waals surface area contributed by atoms with E-state index in [9.17, 15) is 0 Å². The quantitative estimate of drug-likeness (QED) is 0.861. The summed E-state index contributed by atoms with van der Waals surface area (Å²) in [7, 11) is 1.99. The van der Waals surface area contributed by atoms with E-state index in [-0.39, 0.29) is 0 Å². The van der Waals surface area contributed by atoms with Gasteiger partial charge in [0.1, 0.15) is 0 Å². The van der Waals surface area contributed by atoms with Crippen molar-refractivity contribution >= 4 is 27.7 Å². The molecule has 2 aromatic rings. The van der Waals surface area contributed by atoms with Gasteiger partial charge in [0.2, 0.25) is 0 Å². The van der Waals surface area contributed by atoms with Gasteiger partial charge in [0.05, 0.1) is 0 Å². The maximum Gasteiger partial charge on any atom is 0.0314 e. The van der Waals surface area contributed by atoms with Gasteiger partial charge in [-0.25, -0.2) is 0 Å². The molecule has 2 rings (SSSR count). The number of benzene rings is 2. The summed E-state index contributed by atoms with van der Waals surface area (Å²) in [6.45, 7) is 2.18. The Morgan fingerprint density at radius 3 is 2.28 bits per heavy atom. The van der Waals surface area contributed by atoms with Crippen molar-refractivity contribution in [1.82, 2.24) is 5.32 Å². The van der Waals surface area contributed by atoms with E-state index in [4.69, 9.17) is 0 Å². The van der Waals surface area contributed by atoms with Gasteiger partial charge in [-0.15, -0.1) is 0 Å². The molecule has 0 aliphatic heterocycles. The Bertz CT molecular complexity index is 527. The summed E-state index contributed by atoms with van der Waals surface area (Å²) in [5.74, 6) is 0. The second-order valence-electron chi connectivity index (χ2n) is 4.08. The van der Waals surface area contributed by atoms with Gasteiger partial charge in [-0.3, -0.25) is 0 Å². The molecule has 0 aliphatic rings. The lowest BCUT2D eigenvalue weighted by molar-refractivity contribution is 0.641. The smallest absolute Gasteiger partial charge is 0.0314 e. The maximum absolute atomic E-state index is 3.60. The molecule has 0 fully saturated rings. The van der Waals surface area contributed by atoms with Crippen molar-refractivity contribution in [2.75, 3.05) is 7.05 Å². The highest BCUT2D eigenvalue weighted by molar-refractivity contribution is 9.10. The zero-order valence-corrected chi connectivity index (χ0v) is 12.9. The van der Waals surface area contributed by atoms with Crippen LogP contribution in [0.15, 0.2) is 62.8 Å². The number of halogens is 1. The molecule has 2 aromatic carbocycles. The fourth-order valence-corrected chi connectivity index (χ4v) is 3.32. The Morgan fingerprint density at radius 1 is 1.00 bits per heavy atom. The second-order valence-corrected chi connectivity index (χ2v) is 6.02. The summed E-state index contributed by atoms with van der Waals surface area (Å²) >= 11 is 5.39. The fourth-order valence-electron chi connectivity index (χ4n) is 1.73. The standard InChI is InChI=1S/C15H16BrNS/c1-11(17-2)12-7-3-5-9-14(12)18-15-10-6-4-8-13(15)16/h3-11,17H,1-2H3. The normalized spacial score (nSPS) is 12.4. The Morgan fingerprint density at radius 2 is 1.61 bits per heavy atom. The van der Waals surface area contributed by atoms with Crippen molar-refractivity contribution < 1.29 is 0 Å². The fraction of sp³-hybridized carbons (Fsp3) is 0.200. The third-order valence-corrected chi connectivity index (χ3v) is 5.00. The molecule has 1 atom stereocenters. The van der Waals surface area contributed by atoms with Crippen LogP contribution in [-0.4, -0.2) is 7.05 Å². The third kappa shape index (κ3) is 3.16. The predicted molar refractivity (Wildman–Crippen MR) is 82.2 cm³/mol. The summed E-state index contributed by atoms with van der Waals surface area (Å²) in [5, 5.41) is 3.30. The van der Waals surface area contributed by atoms with Crippen LogP contribution in [0.2, 0.25) is 0 Å². The molecule has 1 N–H and O–H groups in total. The first-order valence-electron chi connectivity index (χ1n) is 5.91. The SMILES string of the molecule is CNC(C)c1ccccc1Sc1ccccc1Br. The minimum Gasteiger partial charge on any atom is -0.313 e. The highest BCUT2D eigenvalue weighted by Crippen LogP contribution is 2.36. The molecule has 0 heterocycles. The van der Waals surface area contributed by atoms with Crippen molar-refractivity contribution in [3.05, 3.63) is 58.6 Å². The molecule has 94 valence electrons. The molecular formula is C15H16BrNS. The van der Waals surface area contributed by atoms with Gasteiger partial charge in [-0.2, -0.15) is 0 Å². The lowest BCUT2D eigenvalue weighted by Crippen LogP contribution is -2.12. The Labute approximate surface area is 121 Å². The van der Waals surface area contributed by atoms with Crippen LogP contribution in [0.4, 0.5) is 0 Å². The summed E-state index contributed by atoms with van der Waals surface area (Å²) < 4.78 is 1.14. The van der Waals surface area contributed by atoms with E-state index < -0.39 is 0 Å². The molecule has 0 saturated heterocycles. The molecule has 1 nitrogen and oxygen atoms in total. The minimum absolute atomic E-state index is 0.358. The van der Waals surface area contributed by atoms with Gasteiger partial charge in [-0.1, -0.05) is 42.1 Å². The van der Waals surface area contributed by atoms with Crippen LogP contribution in [-0.2, 0) is 0 Å². The summed E-state index contributed by atoms with van der Waals surface area (Å²) in [4.78, 5) is 2.54. The lowest BCUT2D eigenvalue weighted by atomic mass is 10.1. The molecule has 0 spiro atoms. The van der Waals surface area contributed by atoms with Crippen LogP contribution in [0.5, 0.6) is 0 Å². The molecule has 18 heavy (non-hydrogen) atoms. The van der Waals surface area contributed by atoms with Gasteiger partial charge >= 0.3 is 0 Å². The molecule has 0 bridgehead atoms. The number of rotatable bonds is 4. The average molecular weight is 322 g/mol. The topological polar surface area (TPSA) is 12.0 Å². The first-order chi connectivity index (χ1) is 8.72. The predicted octanol–water partition coefficient (Wildman–Crippen LogP) is 4.88. The van der Waals surface area contributed by atoms with Gasteiger partial charge < -0.3 is 5.32 Å². The molecular weight excluding hydrogens is 306 g/mol. The Kier molecular flexibility index (Phi) is 4.87. The van der Waals surface area contributed by atoms with Crippen LogP contribution < -0.4 is 5.32 Å². The summed E-state index contributed by atoms with van der Waals surface area (Å²) in [6.07, 6.45) is 0. The largest absolute Gasteiger partial charge is 0.313 e. The number of hydrogen-bond acceptors (Lipinski definition) is 2. The average Bonchev–Trinajstić information content (AvgIpc) is 2.41. The van der Waals surface area contributed by atoms with E-state index >= 15 is 0 Å². The second kappa shape index (κ2) is 6.41. The summed E-state index contributed by atoms with van der Waals surface area (Å²) in [5.41, 5.74) is 1.33. The monoisotopic (exact) mass is 321 g/mol. The Balaban J connectivity index is 2.32. The highest BCUT2D eigenvalue weighted by atomic mass is 79.9. The molecule has 0 aliphatic carbocycles. The molecule has 1 unspecified atom stereocenters. The van der Waals surface area contributed by atoms with Gasteiger partial charge in [-0.05, 0) is 53.7 Å². The van der Waals surface area contributed by atoms with Crippen molar-refractivity contribution in [2.45, 2.75) is 22.8 Å². The van der Waals surface area contributed by atoms with Crippen molar-refractivity contribution in [3.8, 4) is 0 Å². The maximum atomic E-state index is 3.60. The zero-order valence-electron chi connectivity index (χ0n) is 10.5. The lowest BCUT2D eigenvalue weighted by Gasteiger charge is -2.15. The molecule has 0 radical (unpaired) electrons. The summed E-state index contributed by atoms with van der Waals surface area (Å²) in [6, 6.07) is 17.2. The van der Waals surface area contributed by atoms with Crippen LogP contribution in [0.25, 0.3) is 0 Å². The van der Waals surface area contributed by atoms with Gasteiger partial charge in [0.25, 0.3) is 0 Å². The van der Waals surface area contributed by atoms with E-state index in [1.807, 2.05) is 13.1 Å². The van der Waals surface area contributed by atoms with E-state index in [0.717, 1.165) is 4.47 Å². The van der Waals surface area contributed by atoms with Crippen LogP contribution >= 0.6 is 27.7 Å². The van der Waals surface area contributed by atoms with E-state index in [1.54, 1.807) is 11.8 Å². The molecule has 0 aromatic heterocycles. The Hall–Kier alpha value is -0.770. The molecule has 0 amide bonds. The van der Waals surface area contributed by atoms with Gasteiger partial charge in [0, 0.05) is 20.3 Å². The highest BCUT2D eigenvalue weighted by Gasteiger charge is 2.10. The first kappa shape index (κ1) is 13.7. The van der Waals surface area contributed by atoms with Crippen LogP contribution in [0, 0.1) is 0 Å². The third-order valence-electron chi connectivity index (χ3n) is 2.88. The van der Waals surface area contributed by atoms with Crippen LogP contribution in [0.3, 0.4) is 0 Å². The zero-order chi connectivity index (χ0) is 13.0. The van der Waals surface area contributed by atoms with E-state index in [2.05, 4.69) is 70.6 Å². The molecule has 0 saturated carbocycles. The van der Waals surface area contributed by atoms with Gasteiger partial charge in [0.15, 0.2) is 0 Å². The number of hydrogen-bond donors (Lipinski definition) is 1. The van der Waals surface area contributed by atoms with Crippen LogP contribution in [0.1, 0.15) is 18.5 Å². The van der Waals surface area contributed by atoms with Crippen molar-refractivity contribution in [3.63, 3.8) is 0 Å². The van der Waals surface area contributed by atoms with E-state index in [0.29, 0.717) is 6.04 Å². The van der Waals surface area contributed by atoms with E-state index in [1.165, 1.54) is 15.4 Å². The number of nitrogens with one attached hydrogen (secondary N) is 1.